The maximum Gasteiger partial charge on any atom is 0.222 e. The minimum absolute atomic E-state index is 0.119. The van der Waals surface area contributed by atoms with E-state index in [-0.39, 0.29) is 11.6 Å². The van der Waals surface area contributed by atoms with Crippen molar-refractivity contribution in [3.05, 3.63) is 66.0 Å². The Kier molecular flexibility index (Phi) is 6.02. The summed E-state index contributed by atoms with van der Waals surface area (Å²) in [6.45, 7) is 2.57. The van der Waals surface area contributed by atoms with Crippen LogP contribution in [0.15, 0.2) is 54.7 Å². The minimum atomic E-state index is 0.119. The fourth-order valence-electron chi connectivity index (χ4n) is 4.15. The third kappa shape index (κ3) is 4.48. The van der Waals surface area contributed by atoms with E-state index in [9.17, 15) is 4.79 Å². The van der Waals surface area contributed by atoms with Gasteiger partial charge in [0.1, 0.15) is 0 Å². The first-order valence-corrected chi connectivity index (χ1v) is 10.5. The molecule has 3 heterocycles. The molecule has 2 aromatic heterocycles. The lowest BCUT2D eigenvalue weighted by molar-refractivity contribution is -0.132. The van der Waals surface area contributed by atoms with Crippen LogP contribution >= 0.6 is 0 Å². The fraction of sp³-hybridized carbons (Fsp3) is 0.333. The monoisotopic (exact) mass is 401 g/mol. The average Bonchev–Trinajstić information content (AvgIpc) is 3.20. The number of aryl methyl sites for hydroxylation is 1. The molecule has 0 unspecified atom stereocenters. The van der Waals surface area contributed by atoms with Gasteiger partial charge in [0.25, 0.3) is 0 Å². The summed E-state index contributed by atoms with van der Waals surface area (Å²) in [4.78, 5) is 19.1. The first kappa shape index (κ1) is 20.0. The Hall–Kier alpha value is -3.28. The molecule has 1 aliphatic heterocycles. The van der Waals surface area contributed by atoms with E-state index in [0.717, 1.165) is 56.1 Å². The summed E-state index contributed by atoms with van der Waals surface area (Å²) in [6, 6.07) is 15.9. The predicted molar refractivity (Wildman–Crippen MR) is 119 cm³/mol. The lowest BCUT2D eigenvalue weighted by atomic mass is 9.96. The van der Waals surface area contributed by atoms with Crippen LogP contribution in [0.3, 0.4) is 0 Å². The standard InChI is InChI=1S/C24H27N5O/c25-16-20(26)21-7-8-23-22(27-21)12-15-29(23)17-19-10-13-28(14-11-19)24(30)9-6-18-4-2-1-3-5-18/h1-5,7-8,12,15-16,19,25-26H,6,9-11,13-14,17H2. The van der Waals surface area contributed by atoms with Crippen molar-refractivity contribution in [2.45, 2.75) is 32.2 Å². The van der Waals surface area contributed by atoms with E-state index in [1.165, 1.54) is 5.56 Å². The van der Waals surface area contributed by atoms with Crippen LogP contribution in [0.4, 0.5) is 0 Å². The number of piperidine rings is 1. The van der Waals surface area contributed by atoms with Gasteiger partial charge in [-0.2, -0.15) is 0 Å². The first-order valence-electron chi connectivity index (χ1n) is 10.5. The number of hydrogen-bond donors (Lipinski definition) is 2. The SMILES string of the molecule is N=CC(=N)c1ccc2c(ccn2CC2CCN(C(=O)CCc3ccccc3)CC2)n1. The van der Waals surface area contributed by atoms with Crippen molar-refractivity contribution in [3.63, 3.8) is 0 Å². The number of likely N-dealkylation sites (tertiary alicyclic amines) is 1. The second-order valence-corrected chi connectivity index (χ2v) is 7.94. The van der Waals surface area contributed by atoms with Gasteiger partial charge < -0.3 is 14.9 Å². The second-order valence-electron chi connectivity index (χ2n) is 7.94. The van der Waals surface area contributed by atoms with Crippen LogP contribution in [-0.2, 0) is 17.8 Å². The van der Waals surface area contributed by atoms with E-state index < -0.39 is 0 Å². The fourth-order valence-corrected chi connectivity index (χ4v) is 4.15. The summed E-state index contributed by atoms with van der Waals surface area (Å²) in [6.07, 6.45) is 6.48. The van der Waals surface area contributed by atoms with Crippen molar-refractivity contribution in [2.24, 2.45) is 5.92 Å². The van der Waals surface area contributed by atoms with Gasteiger partial charge in [-0.15, -0.1) is 0 Å². The Morgan fingerprint density at radius 1 is 1.10 bits per heavy atom. The zero-order chi connectivity index (χ0) is 20.9. The van der Waals surface area contributed by atoms with Crippen LogP contribution in [0.5, 0.6) is 0 Å². The van der Waals surface area contributed by atoms with Crippen molar-refractivity contribution in [3.8, 4) is 0 Å². The molecule has 1 aliphatic rings. The Morgan fingerprint density at radius 3 is 2.60 bits per heavy atom. The highest BCUT2D eigenvalue weighted by Crippen LogP contribution is 2.23. The van der Waals surface area contributed by atoms with Crippen LogP contribution in [0.1, 0.15) is 30.5 Å². The number of fused-ring (bicyclic) bond motifs is 1. The van der Waals surface area contributed by atoms with E-state index in [1.807, 2.05) is 41.4 Å². The molecular weight excluding hydrogens is 374 g/mol. The molecule has 1 fully saturated rings. The molecule has 3 aromatic rings. The number of nitrogens with zero attached hydrogens (tertiary/aromatic N) is 3. The van der Waals surface area contributed by atoms with Gasteiger partial charge in [-0.3, -0.25) is 10.2 Å². The maximum atomic E-state index is 12.6. The highest BCUT2D eigenvalue weighted by molar-refractivity contribution is 6.35. The Morgan fingerprint density at radius 2 is 1.87 bits per heavy atom. The Bertz CT molecular complexity index is 1050. The topological polar surface area (TPSA) is 85.8 Å². The van der Waals surface area contributed by atoms with Gasteiger partial charge in [0, 0.05) is 38.5 Å². The van der Waals surface area contributed by atoms with Gasteiger partial charge in [0.05, 0.1) is 22.4 Å². The molecule has 2 N–H and O–H groups in total. The normalized spacial score (nSPS) is 14.7. The highest BCUT2D eigenvalue weighted by Gasteiger charge is 2.23. The van der Waals surface area contributed by atoms with Gasteiger partial charge >= 0.3 is 0 Å². The number of pyridine rings is 1. The van der Waals surface area contributed by atoms with Gasteiger partial charge in [-0.1, -0.05) is 30.3 Å². The molecule has 30 heavy (non-hydrogen) atoms. The van der Waals surface area contributed by atoms with E-state index in [0.29, 0.717) is 18.0 Å². The minimum Gasteiger partial charge on any atom is -0.346 e. The second kappa shape index (κ2) is 9.03. The number of carbonyl (C=O) groups excluding carboxylic acids is 1. The summed E-state index contributed by atoms with van der Waals surface area (Å²) in [5, 5.41) is 15.0. The zero-order valence-electron chi connectivity index (χ0n) is 17.1. The lowest BCUT2D eigenvalue weighted by Gasteiger charge is -2.32. The molecule has 0 aliphatic carbocycles. The molecule has 1 saturated heterocycles. The molecule has 154 valence electrons. The number of amides is 1. The van der Waals surface area contributed by atoms with Gasteiger partial charge in [0.2, 0.25) is 5.91 Å². The molecule has 0 bridgehead atoms. The van der Waals surface area contributed by atoms with Crippen LogP contribution in [0.2, 0.25) is 0 Å². The molecule has 0 radical (unpaired) electrons. The molecule has 0 spiro atoms. The molecule has 6 heteroatoms. The lowest BCUT2D eigenvalue weighted by Crippen LogP contribution is -2.39. The number of hydrogen-bond acceptors (Lipinski definition) is 4. The number of nitrogens with one attached hydrogen (secondary N) is 2. The molecule has 0 atom stereocenters. The van der Waals surface area contributed by atoms with E-state index in [1.54, 1.807) is 6.07 Å². The van der Waals surface area contributed by atoms with Crippen molar-refractivity contribution in [2.75, 3.05) is 13.1 Å². The number of aromatic nitrogens is 2. The van der Waals surface area contributed by atoms with Crippen LogP contribution < -0.4 is 0 Å². The summed E-state index contributed by atoms with van der Waals surface area (Å²) >= 11 is 0. The maximum absolute atomic E-state index is 12.6. The molecule has 1 amide bonds. The number of rotatable bonds is 7. The highest BCUT2D eigenvalue weighted by atomic mass is 16.2. The van der Waals surface area contributed by atoms with E-state index >= 15 is 0 Å². The molecule has 6 nitrogen and oxygen atoms in total. The number of carbonyl (C=O) groups is 1. The average molecular weight is 402 g/mol. The van der Waals surface area contributed by atoms with Crippen molar-refractivity contribution >= 4 is 28.9 Å². The van der Waals surface area contributed by atoms with Gasteiger partial charge in [-0.25, -0.2) is 4.98 Å². The first-order chi connectivity index (χ1) is 14.6. The van der Waals surface area contributed by atoms with Crippen LogP contribution in [-0.4, -0.2) is 45.4 Å². The van der Waals surface area contributed by atoms with Crippen LogP contribution in [0, 0.1) is 16.7 Å². The summed E-state index contributed by atoms with van der Waals surface area (Å²) in [5.41, 5.74) is 3.77. The summed E-state index contributed by atoms with van der Waals surface area (Å²) in [5.74, 6) is 0.799. The number of benzene rings is 1. The van der Waals surface area contributed by atoms with Gasteiger partial charge in [-0.05, 0) is 48.9 Å². The predicted octanol–water partition coefficient (Wildman–Crippen LogP) is 3.93. The van der Waals surface area contributed by atoms with E-state index in [2.05, 4.69) is 21.7 Å². The smallest absolute Gasteiger partial charge is 0.222 e. The molecule has 0 saturated carbocycles. The summed E-state index contributed by atoms with van der Waals surface area (Å²) < 4.78 is 2.22. The Balaban J connectivity index is 1.31. The van der Waals surface area contributed by atoms with Crippen LogP contribution in [0.25, 0.3) is 11.0 Å². The molecule has 1 aromatic carbocycles. The summed E-state index contributed by atoms with van der Waals surface area (Å²) in [7, 11) is 0. The molecule has 4 rings (SSSR count). The quantitative estimate of drug-likeness (QED) is 0.588. The van der Waals surface area contributed by atoms with Crippen molar-refractivity contribution in [1.29, 1.82) is 10.8 Å². The largest absolute Gasteiger partial charge is 0.346 e. The Labute approximate surface area is 176 Å². The molecular formula is C24H27N5O. The third-order valence-corrected chi connectivity index (χ3v) is 5.94. The van der Waals surface area contributed by atoms with Gasteiger partial charge in [0.15, 0.2) is 0 Å². The van der Waals surface area contributed by atoms with Crippen molar-refractivity contribution < 1.29 is 4.79 Å². The zero-order valence-corrected chi connectivity index (χ0v) is 17.1. The van der Waals surface area contributed by atoms with Crippen molar-refractivity contribution in [1.82, 2.24) is 14.5 Å². The van der Waals surface area contributed by atoms with E-state index in [4.69, 9.17) is 10.8 Å². The third-order valence-electron chi connectivity index (χ3n) is 5.94.